The van der Waals surface area contributed by atoms with Gasteiger partial charge in [0.05, 0.1) is 19.0 Å². The summed E-state index contributed by atoms with van der Waals surface area (Å²) >= 11 is 0. The van der Waals surface area contributed by atoms with Gasteiger partial charge >= 0.3 is 0 Å². The Morgan fingerprint density at radius 3 is 1.89 bits per heavy atom. The zero-order valence-electron chi connectivity index (χ0n) is 15.5. The summed E-state index contributed by atoms with van der Waals surface area (Å²) in [7, 11) is 1.62. The maximum absolute atomic E-state index is 12.3. The molecule has 0 saturated carbocycles. The summed E-state index contributed by atoms with van der Waals surface area (Å²) in [5.41, 5.74) is 3.23. The predicted molar refractivity (Wildman–Crippen MR) is 109 cm³/mol. The average Bonchev–Trinajstić information content (AvgIpc) is 2.70. The van der Waals surface area contributed by atoms with Gasteiger partial charge in [0.2, 0.25) is 5.91 Å². The van der Waals surface area contributed by atoms with Crippen molar-refractivity contribution in [3.05, 3.63) is 72.6 Å². The SMILES string of the molecule is COc1ccc(Nc2ccc(C(=O)Nc3ccc(NC(C)=O)cc3)nc2)cc1. The zero-order chi connectivity index (χ0) is 19.9. The number of carbonyl (C=O) groups is 2. The molecule has 142 valence electrons. The Morgan fingerprint density at radius 1 is 0.786 bits per heavy atom. The number of benzene rings is 2. The Balaban J connectivity index is 1.60. The van der Waals surface area contributed by atoms with E-state index in [2.05, 4.69) is 20.9 Å². The molecule has 3 N–H and O–H groups in total. The molecule has 7 nitrogen and oxygen atoms in total. The van der Waals surface area contributed by atoms with E-state index in [1.54, 1.807) is 49.7 Å². The van der Waals surface area contributed by atoms with Crippen molar-refractivity contribution in [1.29, 1.82) is 0 Å². The van der Waals surface area contributed by atoms with Crippen LogP contribution in [0.25, 0.3) is 0 Å². The molecule has 0 bridgehead atoms. The fraction of sp³-hybridized carbons (Fsp3) is 0.0952. The lowest BCUT2D eigenvalue weighted by Gasteiger charge is -2.09. The largest absolute Gasteiger partial charge is 0.497 e. The van der Waals surface area contributed by atoms with E-state index in [9.17, 15) is 9.59 Å². The Bertz CT molecular complexity index is 952. The molecule has 3 aromatic rings. The number of ether oxygens (including phenoxy) is 1. The van der Waals surface area contributed by atoms with Crippen LogP contribution in [0.3, 0.4) is 0 Å². The van der Waals surface area contributed by atoms with E-state index >= 15 is 0 Å². The topological polar surface area (TPSA) is 92.4 Å². The number of pyridine rings is 1. The second-order valence-corrected chi connectivity index (χ2v) is 6.00. The lowest BCUT2D eigenvalue weighted by atomic mass is 10.2. The first-order chi connectivity index (χ1) is 13.5. The molecule has 0 saturated heterocycles. The maximum Gasteiger partial charge on any atom is 0.274 e. The highest BCUT2D eigenvalue weighted by molar-refractivity contribution is 6.03. The van der Waals surface area contributed by atoms with Crippen molar-refractivity contribution in [1.82, 2.24) is 4.98 Å². The maximum atomic E-state index is 12.3. The first-order valence-electron chi connectivity index (χ1n) is 8.59. The number of hydrogen-bond donors (Lipinski definition) is 3. The minimum absolute atomic E-state index is 0.149. The predicted octanol–water partition coefficient (Wildman–Crippen LogP) is 4.04. The Kier molecular flexibility index (Phi) is 5.86. The van der Waals surface area contributed by atoms with Crippen LogP contribution < -0.4 is 20.7 Å². The summed E-state index contributed by atoms with van der Waals surface area (Å²) < 4.78 is 5.13. The van der Waals surface area contributed by atoms with Gasteiger partial charge in [0, 0.05) is 24.0 Å². The molecule has 1 aromatic heterocycles. The standard InChI is InChI=1S/C21H20N4O3/c1-14(26)23-15-3-5-17(6-4-15)25-21(27)20-12-9-18(13-22-20)24-16-7-10-19(28-2)11-8-16/h3-13,24H,1-2H3,(H,23,26)(H,25,27). The monoisotopic (exact) mass is 376 g/mol. The summed E-state index contributed by atoms with van der Waals surface area (Å²) in [6.45, 7) is 1.44. The summed E-state index contributed by atoms with van der Waals surface area (Å²) in [4.78, 5) is 27.6. The number of nitrogens with zero attached hydrogens (tertiary/aromatic N) is 1. The van der Waals surface area contributed by atoms with Crippen LogP contribution in [0.2, 0.25) is 0 Å². The molecule has 0 fully saturated rings. The molecule has 3 rings (SSSR count). The molecule has 0 spiro atoms. The quantitative estimate of drug-likeness (QED) is 0.604. The summed E-state index contributed by atoms with van der Waals surface area (Å²) in [5, 5.41) is 8.65. The summed E-state index contributed by atoms with van der Waals surface area (Å²) in [6, 6.07) is 17.8. The number of methoxy groups -OCH3 is 1. The minimum Gasteiger partial charge on any atom is -0.497 e. The molecule has 2 amide bonds. The fourth-order valence-electron chi connectivity index (χ4n) is 2.48. The average molecular weight is 376 g/mol. The van der Waals surface area contributed by atoms with Crippen LogP contribution in [-0.2, 0) is 4.79 Å². The smallest absolute Gasteiger partial charge is 0.274 e. The van der Waals surface area contributed by atoms with E-state index in [0.29, 0.717) is 17.1 Å². The van der Waals surface area contributed by atoms with Crippen LogP contribution in [0.4, 0.5) is 22.7 Å². The summed E-state index contributed by atoms with van der Waals surface area (Å²) in [6.07, 6.45) is 1.60. The van der Waals surface area contributed by atoms with E-state index < -0.39 is 0 Å². The van der Waals surface area contributed by atoms with E-state index in [0.717, 1.165) is 17.1 Å². The summed E-state index contributed by atoms with van der Waals surface area (Å²) in [5.74, 6) is 0.313. The normalized spacial score (nSPS) is 10.1. The zero-order valence-corrected chi connectivity index (χ0v) is 15.5. The molecule has 0 aliphatic heterocycles. The van der Waals surface area contributed by atoms with Crippen molar-refractivity contribution in [2.24, 2.45) is 0 Å². The van der Waals surface area contributed by atoms with Gasteiger partial charge in [-0.25, -0.2) is 4.98 Å². The second kappa shape index (κ2) is 8.68. The lowest BCUT2D eigenvalue weighted by molar-refractivity contribution is -0.114. The molecule has 1 heterocycles. The molecule has 0 aliphatic carbocycles. The lowest BCUT2D eigenvalue weighted by Crippen LogP contribution is -2.13. The van der Waals surface area contributed by atoms with Crippen LogP contribution in [0.15, 0.2) is 66.9 Å². The number of rotatable bonds is 6. The van der Waals surface area contributed by atoms with Crippen LogP contribution >= 0.6 is 0 Å². The number of carbonyl (C=O) groups excluding carboxylic acids is 2. The first kappa shape index (κ1) is 18.9. The van der Waals surface area contributed by atoms with Gasteiger partial charge in [-0.1, -0.05) is 0 Å². The number of anilines is 4. The molecule has 0 atom stereocenters. The third-order valence-corrected chi connectivity index (χ3v) is 3.84. The highest BCUT2D eigenvalue weighted by atomic mass is 16.5. The van der Waals surface area contributed by atoms with Gasteiger partial charge in [-0.2, -0.15) is 0 Å². The van der Waals surface area contributed by atoms with Crippen LogP contribution in [0.1, 0.15) is 17.4 Å². The highest BCUT2D eigenvalue weighted by Gasteiger charge is 2.08. The molecular weight excluding hydrogens is 356 g/mol. The van der Waals surface area contributed by atoms with Crippen LogP contribution in [0, 0.1) is 0 Å². The number of hydrogen-bond acceptors (Lipinski definition) is 5. The third-order valence-electron chi connectivity index (χ3n) is 3.84. The van der Waals surface area contributed by atoms with Crippen LogP contribution in [0.5, 0.6) is 5.75 Å². The van der Waals surface area contributed by atoms with Gasteiger partial charge < -0.3 is 20.7 Å². The molecule has 7 heteroatoms. The highest BCUT2D eigenvalue weighted by Crippen LogP contribution is 2.20. The van der Waals surface area contributed by atoms with Gasteiger partial charge in [-0.05, 0) is 60.7 Å². The first-order valence-corrected chi connectivity index (χ1v) is 8.59. The van der Waals surface area contributed by atoms with E-state index in [4.69, 9.17) is 4.74 Å². The van der Waals surface area contributed by atoms with E-state index in [1.807, 2.05) is 24.3 Å². The molecule has 0 radical (unpaired) electrons. The van der Waals surface area contributed by atoms with Gasteiger partial charge in [0.1, 0.15) is 11.4 Å². The van der Waals surface area contributed by atoms with Gasteiger partial charge in [-0.3, -0.25) is 9.59 Å². The number of nitrogens with one attached hydrogen (secondary N) is 3. The van der Waals surface area contributed by atoms with Crippen molar-refractivity contribution < 1.29 is 14.3 Å². The van der Waals surface area contributed by atoms with Crippen molar-refractivity contribution in [2.45, 2.75) is 6.92 Å². The van der Waals surface area contributed by atoms with Crippen molar-refractivity contribution >= 4 is 34.6 Å². The Morgan fingerprint density at radius 2 is 1.36 bits per heavy atom. The number of aromatic nitrogens is 1. The fourth-order valence-corrected chi connectivity index (χ4v) is 2.48. The molecule has 2 aromatic carbocycles. The van der Waals surface area contributed by atoms with E-state index in [-0.39, 0.29) is 11.8 Å². The molecule has 0 unspecified atom stereocenters. The van der Waals surface area contributed by atoms with Crippen molar-refractivity contribution in [3.63, 3.8) is 0 Å². The van der Waals surface area contributed by atoms with Gasteiger partial charge in [0.15, 0.2) is 0 Å². The Hall–Kier alpha value is -3.87. The molecule has 0 aliphatic rings. The van der Waals surface area contributed by atoms with Crippen molar-refractivity contribution in [2.75, 3.05) is 23.1 Å². The van der Waals surface area contributed by atoms with Crippen LogP contribution in [-0.4, -0.2) is 23.9 Å². The molecule has 28 heavy (non-hydrogen) atoms. The van der Waals surface area contributed by atoms with Gasteiger partial charge in [0.25, 0.3) is 5.91 Å². The number of amides is 2. The van der Waals surface area contributed by atoms with Crippen molar-refractivity contribution in [3.8, 4) is 5.75 Å². The minimum atomic E-state index is -0.316. The Labute approximate surface area is 162 Å². The second-order valence-electron chi connectivity index (χ2n) is 6.00. The van der Waals surface area contributed by atoms with E-state index in [1.165, 1.54) is 6.92 Å². The van der Waals surface area contributed by atoms with Gasteiger partial charge in [-0.15, -0.1) is 0 Å². The molecular formula is C21H20N4O3. The third kappa shape index (κ3) is 5.07.